The van der Waals surface area contributed by atoms with E-state index in [9.17, 15) is 19.2 Å². The molecule has 1 aromatic rings. The van der Waals surface area contributed by atoms with Crippen LogP contribution in [-0.2, 0) is 20.7 Å². The predicted octanol–water partition coefficient (Wildman–Crippen LogP) is 1.97. The first-order chi connectivity index (χ1) is 15.4. The minimum atomic E-state index is -0.826. The van der Waals surface area contributed by atoms with Gasteiger partial charge in [0.15, 0.2) is 0 Å². The normalized spacial score (nSPS) is 22.8. The summed E-state index contributed by atoms with van der Waals surface area (Å²) in [7, 11) is 1.40. The van der Waals surface area contributed by atoms with Crippen LogP contribution in [0.3, 0.4) is 0 Å². The number of fused-ring (bicyclic) bond motifs is 2. The summed E-state index contributed by atoms with van der Waals surface area (Å²) in [5.41, 5.74) is 1.47. The summed E-state index contributed by atoms with van der Waals surface area (Å²) in [6.07, 6.45) is 4.61. The van der Waals surface area contributed by atoms with Gasteiger partial charge in [-0.05, 0) is 54.9 Å². The summed E-state index contributed by atoms with van der Waals surface area (Å²) >= 11 is 0. The third kappa shape index (κ3) is 5.39. The van der Waals surface area contributed by atoms with Crippen LogP contribution in [-0.4, -0.2) is 55.4 Å². The Balaban J connectivity index is 1.65. The predicted molar refractivity (Wildman–Crippen MR) is 118 cm³/mol. The number of nitrogens with one attached hydrogen (secondary N) is 2. The number of methoxy groups -OCH3 is 1. The number of ether oxygens (including phenoxy) is 1. The van der Waals surface area contributed by atoms with Gasteiger partial charge in [-0.2, -0.15) is 10.4 Å². The molecule has 32 heavy (non-hydrogen) atoms. The number of nitrogens with zero attached hydrogens (tertiary/aromatic N) is 3. The molecule has 1 aromatic carbocycles. The van der Waals surface area contributed by atoms with Crippen molar-refractivity contribution in [2.24, 2.45) is 11.0 Å². The van der Waals surface area contributed by atoms with Gasteiger partial charge in [-0.15, -0.1) is 0 Å². The van der Waals surface area contributed by atoms with Crippen molar-refractivity contribution in [3.63, 3.8) is 0 Å². The second-order valence-corrected chi connectivity index (χ2v) is 8.24. The lowest BCUT2D eigenvalue weighted by atomic mass is 9.98. The zero-order chi connectivity index (χ0) is 23.3. The fourth-order valence-electron chi connectivity index (χ4n) is 4.36. The van der Waals surface area contributed by atoms with Crippen LogP contribution in [0, 0.1) is 23.1 Å². The van der Waals surface area contributed by atoms with E-state index in [0.29, 0.717) is 28.7 Å². The quantitative estimate of drug-likeness (QED) is 0.450. The van der Waals surface area contributed by atoms with Gasteiger partial charge in [-0.25, -0.2) is 9.40 Å². The first-order valence-corrected chi connectivity index (χ1v) is 10.6. The van der Waals surface area contributed by atoms with Crippen molar-refractivity contribution < 1.29 is 18.7 Å². The number of amides is 2. The second-order valence-electron chi connectivity index (χ2n) is 8.24. The Morgan fingerprint density at radius 3 is 2.84 bits per heavy atom. The van der Waals surface area contributed by atoms with E-state index < -0.39 is 17.8 Å². The Hall–Kier alpha value is -3.09. The number of hydrogen-bond acceptors (Lipinski definition) is 6. The molecule has 8 nitrogen and oxygen atoms in total. The molecule has 0 spiro atoms. The van der Waals surface area contributed by atoms with Gasteiger partial charge >= 0.3 is 0 Å². The number of hydrogen-bond donors (Lipinski definition) is 2. The molecule has 2 fully saturated rings. The fourth-order valence-corrected chi connectivity index (χ4v) is 4.36. The molecule has 1 aliphatic heterocycles. The number of allylic oxidation sites excluding steroid dienone is 1. The number of piperidine rings is 1. The maximum Gasteiger partial charge on any atom is 0.272 e. The zero-order valence-corrected chi connectivity index (χ0v) is 18.3. The molecule has 1 saturated heterocycles. The van der Waals surface area contributed by atoms with E-state index in [4.69, 9.17) is 4.74 Å². The molecule has 1 saturated carbocycles. The van der Waals surface area contributed by atoms with Gasteiger partial charge in [0.2, 0.25) is 5.91 Å². The summed E-state index contributed by atoms with van der Waals surface area (Å²) in [4.78, 5) is 24.5. The van der Waals surface area contributed by atoms with Crippen molar-refractivity contribution in [3.05, 3.63) is 41.3 Å². The van der Waals surface area contributed by atoms with Gasteiger partial charge in [0.25, 0.3) is 5.91 Å². The maximum absolute atomic E-state index is 14.8. The minimum Gasteiger partial charge on any atom is -0.375 e. The van der Waals surface area contributed by atoms with E-state index in [-0.39, 0.29) is 25.0 Å². The lowest BCUT2D eigenvalue weighted by molar-refractivity contribution is -0.132. The highest BCUT2D eigenvalue weighted by Gasteiger charge is 2.43. The molecule has 0 unspecified atom stereocenters. The number of halogens is 1. The Bertz CT molecular complexity index is 957. The molecule has 3 rings (SSSR count). The van der Waals surface area contributed by atoms with E-state index in [1.807, 2.05) is 0 Å². The summed E-state index contributed by atoms with van der Waals surface area (Å²) in [6, 6.07) is 5.95. The van der Waals surface area contributed by atoms with Gasteiger partial charge in [0, 0.05) is 32.5 Å². The second kappa shape index (κ2) is 10.5. The Kier molecular flexibility index (Phi) is 7.72. The van der Waals surface area contributed by atoms with Crippen LogP contribution in [0.1, 0.15) is 37.3 Å². The highest BCUT2D eigenvalue weighted by molar-refractivity contribution is 5.83. The van der Waals surface area contributed by atoms with Gasteiger partial charge in [-0.3, -0.25) is 9.59 Å². The van der Waals surface area contributed by atoms with Crippen molar-refractivity contribution in [2.75, 3.05) is 13.7 Å². The molecule has 1 heterocycles. The van der Waals surface area contributed by atoms with Gasteiger partial charge in [0.1, 0.15) is 18.5 Å². The van der Waals surface area contributed by atoms with Gasteiger partial charge < -0.3 is 15.4 Å². The first-order valence-electron chi connectivity index (χ1n) is 10.6. The van der Waals surface area contributed by atoms with E-state index in [1.165, 1.54) is 19.4 Å². The molecule has 0 radical (unpaired) electrons. The molecule has 2 amide bonds. The van der Waals surface area contributed by atoms with Crippen LogP contribution in [0.5, 0.6) is 0 Å². The van der Waals surface area contributed by atoms with Crippen LogP contribution in [0.2, 0.25) is 0 Å². The maximum atomic E-state index is 14.8. The summed E-state index contributed by atoms with van der Waals surface area (Å²) < 4.78 is 19.6. The van der Waals surface area contributed by atoms with Gasteiger partial charge in [-0.1, -0.05) is 12.1 Å². The van der Waals surface area contributed by atoms with E-state index >= 15 is 0 Å². The summed E-state index contributed by atoms with van der Waals surface area (Å²) in [5.74, 6) is -0.788. The lowest BCUT2D eigenvalue weighted by Gasteiger charge is -2.23. The largest absolute Gasteiger partial charge is 0.375 e. The minimum absolute atomic E-state index is 0.0601. The first kappa shape index (κ1) is 23.6. The van der Waals surface area contributed by atoms with Crippen molar-refractivity contribution in [1.82, 2.24) is 15.6 Å². The highest BCUT2D eigenvalue weighted by atomic mass is 19.1. The number of nitriles is 1. The molecule has 170 valence electrons. The highest BCUT2D eigenvalue weighted by Crippen LogP contribution is 2.35. The monoisotopic (exact) mass is 441 g/mol. The Morgan fingerprint density at radius 2 is 2.28 bits per heavy atom. The van der Waals surface area contributed by atoms with Crippen LogP contribution in [0.4, 0.5) is 4.39 Å². The van der Waals surface area contributed by atoms with Crippen molar-refractivity contribution in [3.8, 4) is 6.07 Å². The van der Waals surface area contributed by atoms with Gasteiger partial charge in [0.05, 0.1) is 12.1 Å². The molecule has 1 aliphatic carbocycles. The molecule has 4 atom stereocenters. The molecular weight excluding hydrogens is 413 g/mol. The Morgan fingerprint density at radius 1 is 1.50 bits per heavy atom. The zero-order valence-electron chi connectivity index (χ0n) is 18.3. The van der Waals surface area contributed by atoms with Crippen LogP contribution < -0.4 is 10.6 Å². The summed E-state index contributed by atoms with van der Waals surface area (Å²) in [5, 5.41) is 20.2. The third-order valence-electron chi connectivity index (χ3n) is 6.04. The standard InChI is InChI=1S/C23H28FN5O3/c1-14(12-29(26-2)21(30)13-32-3)15-4-5-16(20(24)10-15)8-19(11-25)28-23(31)22-17-6-7-18(9-17)27-22/h4-5,10,12,17-19,22,27H,2,6-9,13H2,1,3H3,(H,28,31)/b14-12+/t17-,18+,19-,22-/m0/s1. The van der Waals surface area contributed by atoms with E-state index in [1.54, 1.807) is 19.1 Å². The number of carbonyl (C=O) groups is 2. The van der Waals surface area contributed by atoms with Crippen molar-refractivity contribution >= 4 is 24.1 Å². The average molecular weight is 442 g/mol. The van der Waals surface area contributed by atoms with E-state index in [0.717, 1.165) is 24.3 Å². The topological polar surface area (TPSA) is 107 Å². The molecule has 0 aromatic heterocycles. The fraction of sp³-hybridized carbons (Fsp3) is 0.478. The van der Waals surface area contributed by atoms with Crippen molar-refractivity contribution in [1.29, 1.82) is 5.26 Å². The van der Waals surface area contributed by atoms with Crippen LogP contribution in [0.15, 0.2) is 29.5 Å². The molecule has 2 bridgehead atoms. The SMILES string of the molecule is C=NN(/C=C(\C)c1ccc(C[C@@H](C#N)NC(=O)[C@H]2N[C@@H]3CC[C@H]2C3)c(F)c1)C(=O)COC. The van der Waals surface area contributed by atoms with Crippen LogP contribution in [0.25, 0.3) is 5.57 Å². The molecule has 9 heteroatoms. The number of carbonyl (C=O) groups excluding carboxylic acids is 2. The average Bonchev–Trinajstić information content (AvgIpc) is 3.41. The molecule has 2 N–H and O–H groups in total. The lowest BCUT2D eigenvalue weighted by Crippen LogP contribution is -2.50. The third-order valence-corrected chi connectivity index (χ3v) is 6.04. The smallest absolute Gasteiger partial charge is 0.272 e. The molecular formula is C23H28FN5O3. The Labute approximate surface area is 187 Å². The summed E-state index contributed by atoms with van der Waals surface area (Å²) in [6.45, 7) is 4.92. The number of benzene rings is 1. The molecule has 2 aliphatic rings. The number of rotatable bonds is 9. The number of hydrazone groups is 1. The van der Waals surface area contributed by atoms with E-state index in [2.05, 4.69) is 28.5 Å². The van der Waals surface area contributed by atoms with Crippen LogP contribution >= 0.6 is 0 Å². The van der Waals surface area contributed by atoms with Crippen molar-refractivity contribution in [2.45, 2.75) is 50.7 Å².